The number of carbonyl (C=O) groups is 1. The number of carbonyl (C=O) groups excluding carboxylic acids is 1. The summed E-state index contributed by atoms with van der Waals surface area (Å²) < 4.78 is 1.85. The van der Waals surface area contributed by atoms with Crippen molar-refractivity contribution in [3.05, 3.63) is 11.9 Å². The fourth-order valence-corrected chi connectivity index (χ4v) is 4.17. The Bertz CT molecular complexity index is 617. The van der Waals surface area contributed by atoms with Gasteiger partial charge in [0, 0.05) is 5.92 Å². The second kappa shape index (κ2) is 5.83. The van der Waals surface area contributed by atoms with E-state index < -0.39 is 5.60 Å². The Labute approximate surface area is 143 Å². The molecule has 6 heteroatoms. The van der Waals surface area contributed by atoms with E-state index in [0.29, 0.717) is 11.6 Å². The minimum atomic E-state index is -0.989. The van der Waals surface area contributed by atoms with Crippen LogP contribution in [0.1, 0.15) is 70.5 Å². The number of aliphatic hydroxyl groups is 1. The minimum Gasteiger partial charge on any atom is -0.384 e. The standard InChI is InChI=1S/C18H28N4O2/c1-18(2,24)16-10-22(21-20-16)15-6-4-3-5-14(15)19-17(23)13-9-12(13)11-7-8-11/h10-15,24H,3-9H2,1-2H3,(H,19,23)/t12-,13+,14+,15-/m1/s1. The van der Waals surface area contributed by atoms with Crippen LogP contribution in [0.2, 0.25) is 0 Å². The average molecular weight is 332 g/mol. The van der Waals surface area contributed by atoms with Gasteiger partial charge >= 0.3 is 0 Å². The second-order valence-corrected chi connectivity index (χ2v) is 8.45. The summed E-state index contributed by atoms with van der Waals surface area (Å²) in [5.74, 6) is 1.97. The Morgan fingerprint density at radius 3 is 2.71 bits per heavy atom. The van der Waals surface area contributed by atoms with E-state index in [0.717, 1.165) is 38.0 Å². The topological polar surface area (TPSA) is 80.0 Å². The monoisotopic (exact) mass is 332 g/mol. The Balaban J connectivity index is 1.43. The third-order valence-electron chi connectivity index (χ3n) is 5.94. The first-order valence-corrected chi connectivity index (χ1v) is 9.38. The molecular formula is C18H28N4O2. The van der Waals surface area contributed by atoms with Crippen molar-refractivity contribution in [1.82, 2.24) is 20.3 Å². The fourth-order valence-electron chi connectivity index (χ4n) is 4.17. The first kappa shape index (κ1) is 16.1. The highest BCUT2D eigenvalue weighted by molar-refractivity contribution is 5.82. The van der Waals surface area contributed by atoms with Gasteiger partial charge in [0.15, 0.2) is 0 Å². The van der Waals surface area contributed by atoms with Gasteiger partial charge in [0.1, 0.15) is 11.3 Å². The zero-order valence-electron chi connectivity index (χ0n) is 14.6. The van der Waals surface area contributed by atoms with Gasteiger partial charge in [-0.05, 0) is 57.8 Å². The van der Waals surface area contributed by atoms with Gasteiger partial charge < -0.3 is 10.4 Å². The summed E-state index contributed by atoms with van der Waals surface area (Å²) in [6.07, 6.45) is 9.83. The lowest BCUT2D eigenvalue weighted by Crippen LogP contribution is -2.44. The van der Waals surface area contributed by atoms with Gasteiger partial charge in [-0.15, -0.1) is 5.10 Å². The van der Waals surface area contributed by atoms with Gasteiger partial charge in [-0.2, -0.15) is 0 Å². The van der Waals surface area contributed by atoms with Gasteiger partial charge in [-0.1, -0.05) is 18.1 Å². The van der Waals surface area contributed by atoms with Crippen molar-refractivity contribution < 1.29 is 9.90 Å². The van der Waals surface area contributed by atoms with E-state index in [9.17, 15) is 9.90 Å². The quantitative estimate of drug-likeness (QED) is 0.866. The number of aromatic nitrogens is 3. The summed E-state index contributed by atoms with van der Waals surface area (Å²) >= 11 is 0. The van der Waals surface area contributed by atoms with Crippen molar-refractivity contribution in [2.24, 2.45) is 17.8 Å². The van der Waals surface area contributed by atoms with Crippen molar-refractivity contribution in [1.29, 1.82) is 0 Å². The van der Waals surface area contributed by atoms with E-state index >= 15 is 0 Å². The maximum Gasteiger partial charge on any atom is 0.223 e. The first-order valence-electron chi connectivity index (χ1n) is 9.38. The summed E-state index contributed by atoms with van der Waals surface area (Å²) in [5.41, 5.74) is -0.411. The highest BCUT2D eigenvalue weighted by Crippen LogP contribution is 2.54. The van der Waals surface area contributed by atoms with Gasteiger partial charge in [0.2, 0.25) is 5.91 Å². The molecule has 0 unspecified atom stereocenters. The third-order valence-corrected chi connectivity index (χ3v) is 5.94. The number of rotatable bonds is 5. The van der Waals surface area contributed by atoms with E-state index in [-0.39, 0.29) is 23.9 Å². The molecule has 4 atom stereocenters. The molecule has 6 nitrogen and oxygen atoms in total. The number of amides is 1. The van der Waals surface area contributed by atoms with Crippen LogP contribution >= 0.6 is 0 Å². The van der Waals surface area contributed by atoms with E-state index in [1.54, 1.807) is 13.8 Å². The average Bonchev–Trinajstić information content (AvgIpc) is 3.42. The first-order chi connectivity index (χ1) is 11.4. The maximum atomic E-state index is 12.6. The molecule has 3 saturated carbocycles. The molecule has 0 aliphatic heterocycles. The van der Waals surface area contributed by atoms with Crippen molar-refractivity contribution in [2.45, 2.75) is 76.5 Å². The zero-order valence-corrected chi connectivity index (χ0v) is 14.6. The van der Waals surface area contributed by atoms with E-state index in [4.69, 9.17) is 0 Å². The van der Waals surface area contributed by atoms with Crippen LogP contribution in [0.15, 0.2) is 6.20 Å². The molecule has 3 fully saturated rings. The predicted molar refractivity (Wildman–Crippen MR) is 89.0 cm³/mol. The van der Waals surface area contributed by atoms with Crippen LogP contribution in [0, 0.1) is 17.8 Å². The molecule has 0 spiro atoms. The number of nitrogens with one attached hydrogen (secondary N) is 1. The largest absolute Gasteiger partial charge is 0.384 e. The number of hydrogen-bond acceptors (Lipinski definition) is 4. The van der Waals surface area contributed by atoms with Gasteiger partial charge in [0.05, 0.1) is 18.3 Å². The molecular weight excluding hydrogens is 304 g/mol. The lowest BCUT2D eigenvalue weighted by Gasteiger charge is -2.32. The summed E-state index contributed by atoms with van der Waals surface area (Å²) in [6, 6.07) is 0.271. The lowest BCUT2D eigenvalue weighted by molar-refractivity contribution is -0.124. The molecule has 132 valence electrons. The van der Waals surface area contributed by atoms with Gasteiger partial charge in [-0.3, -0.25) is 4.79 Å². The number of nitrogens with zero attached hydrogens (tertiary/aromatic N) is 3. The number of hydrogen-bond donors (Lipinski definition) is 2. The van der Waals surface area contributed by atoms with Crippen molar-refractivity contribution in [2.75, 3.05) is 0 Å². The molecule has 4 rings (SSSR count). The van der Waals surface area contributed by atoms with Crippen molar-refractivity contribution in [3.8, 4) is 0 Å². The van der Waals surface area contributed by atoms with E-state index in [1.807, 2.05) is 10.9 Å². The van der Waals surface area contributed by atoms with Crippen LogP contribution in [0.4, 0.5) is 0 Å². The molecule has 0 saturated heterocycles. The van der Waals surface area contributed by atoms with Crippen LogP contribution in [0.25, 0.3) is 0 Å². The highest BCUT2D eigenvalue weighted by Gasteiger charge is 2.51. The second-order valence-electron chi connectivity index (χ2n) is 8.45. The molecule has 1 heterocycles. The molecule has 1 aromatic rings. The summed E-state index contributed by atoms with van der Waals surface area (Å²) in [7, 11) is 0. The van der Waals surface area contributed by atoms with Gasteiger partial charge in [-0.25, -0.2) is 4.68 Å². The van der Waals surface area contributed by atoms with E-state index in [1.165, 1.54) is 12.8 Å². The van der Waals surface area contributed by atoms with Crippen LogP contribution in [0.5, 0.6) is 0 Å². The molecule has 0 bridgehead atoms. The van der Waals surface area contributed by atoms with Gasteiger partial charge in [0.25, 0.3) is 0 Å². The fraction of sp³-hybridized carbons (Fsp3) is 0.833. The Morgan fingerprint density at radius 2 is 2.04 bits per heavy atom. The van der Waals surface area contributed by atoms with Crippen LogP contribution in [0.3, 0.4) is 0 Å². The Kier molecular flexibility index (Phi) is 3.90. The third kappa shape index (κ3) is 3.21. The smallest absolute Gasteiger partial charge is 0.223 e. The summed E-state index contributed by atoms with van der Waals surface area (Å²) in [6.45, 7) is 3.43. The van der Waals surface area contributed by atoms with E-state index in [2.05, 4.69) is 15.6 Å². The summed E-state index contributed by atoms with van der Waals surface area (Å²) in [5, 5.41) is 21.7. The minimum absolute atomic E-state index is 0.128. The molecule has 3 aliphatic carbocycles. The molecule has 1 amide bonds. The molecule has 0 radical (unpaired) electrons. The lowest BCUT2D eigenvalue weighted by atomic mass is 9.90. The molecule has 0 aromatic carbocycles. The maximum absolute atomic E-state index is 12.6. The summed E-state index contributed by atoms with van der Waals surface area (Å²) in [4.78, 5) is 12.6. The molecule has 3 aliphatic rings. The van der Waals surface area contributed by atoms with Crippen LogP contribution in [-0.4, -0.2) is 32.0 Å². The normalized spacial score (nSPS) is 33.3. The highest BCUT2D eigenvalue weighted by atomic mass is 16.3. The Hall–Kier alpha value is -1.43. The SMILES string of the molecule is CC(C)(O)c1cn([C@@H]2CCCC[C@@H]2NC(=O)[C@H]2C[C@@H]2C2CC2)nn1. The molecule has 24 heavy (non-hydrogen) atoms. The van der Waals surface area contributed by atoms with Crippen molar-refractivity contribution >= 4 is 5.91 Å². The molecule has 1 aromatic heterocycles. The Morgan fingerprint density at radius 1 is 1.29 bits per heavy atom. The molecule has 2 N–H and O–H groups in total. The van der Waals surface area contributed by atoms with Crippen molar-refractivity contribution in [3.63, 3.8) is 0 Å². The van der Waals surface area contributed by atoms with Crippen LogP contribution < -0.4 is 5.32 Å². The predicted octanol–water partition coefficient (Wildman–Crippen LogP) is 2.15. The van der Waals surface area contributed by atoms with Crippen LogP contribution in [-0.2, 0) is 10.4 Å². The zero-order chi connectivity index (χ0) is 16.9.